The number of hydrogen-bond donors (Lipinski definition) is 3. The second-order valence-corrected chi connectivity index (χ2v) is 7.20. The number of ether oxygens (including phenoxy) is 1. The molecule has 29 heavy (non-hydrogen) atoms. The fourth-order valence-corrected chi connectivity index (χ4v) is 2.86. The Balaban J connectivity index is 1.99. The van der Waals surface area contributed by atoms with Crippen LogP contribution < -0.4 is 16.4 Å². The molecule has 2 aromatic rings. The Kier molecular flexibility index (Phi) is 8.07. The van der Waals surface area contributed by atoms with Crippen molar-refractivity contribution in [1.29, 1.82) is 0 Å². The Morgan fingerprint density at radius 3 is 2.38 bits per heavy atom. The highest BCUT2D eigenvalue weighted by Gasteiger charge is 2.23. The minimum Gasteiger partial charge on any atom is -0.452 e. The SMILES string of the molecule is CC(OC(=O)CC(NC(N)=O)c1ccc(Cl)cc1)C(=O)Nc1ncc(Cl)cc1Cl. The molecule has 2 rings (SSSR count). The Morgan fingerprint density at radius 2 is 1.79 bits per heavy atom. The van der Waals surface area contributed by atoms with Crippen molar-refractivity contribution in [2.24, 2.45) is 5.73 Å². The number of nitrogens with one attached hydrogen (secondary N) is 2. The highest BCUT2D eigenvalue weighted by Crippen LogP contribution is 2.23. The number of carbonyl (C=O) groups is 3. The molecule has 0 saturated carbocycles. The number of hydrogen-bond acceptors (Lipinski definition) is 5. The van der Waals surface area contributed by atoms with Crippen LogP contribution in [0, 0.1) is 0 Å². The van der Waals surface area contributed by atoms with Crippen LogP contribution >= 0.6 is 34.8 Å². The molecule has 0 saturated heterocycles. The predicted octanol–water partition coefficient (Wildman–Crippen LogP) is 3.71. The van der Waals surface area contributed by atoms with Crippen molar-refractivity contribution in [3.63, 3.8) is 0 Å². The van der Waals surface area contributed by atoms with Gasteiger partial charge in [-0.05, 0) is 30.7 Å². The number of carbonyl (C=O) groups excluding carboxylic acids is 3. The number of rotatable bonds is 7. The first-order valence-electron chi connectivity index (χ1n) is 8.28. The van der Waals surface area contributed by atoms with E-state index in [-0.39, 0.29) is 17.3 Å². The average Bonchev–Trinajstić information content (AvgIpc) is 2.63. The van der Waals surface area contributed by atoms with Crippen molar-refractivity contribution in [2.75, 3.05) is 5.32 Å². The molecule has 2 atom stereocenters. The van der Waals surface area contributed by atoms with Gasteiger partial charge in [-0.15, -0.1) is 0 Å². The number of primary amides is 1. The van der Waals surface area contributed by atoms with Gasteiger partial charge in [0.1, 0.15) is 0 Å². The molecule has 0 aliphatic heterocycles. The number of halogens is 3. The van der Waals surface area contributed by atoms with Crippen LogP contribution in [0.2, 0.25) is 15.1 Å². The monoisotopic (exact) mass is 458 g/mol. The van der Waals surface area contributed by atoms with Crippen molar-refractivity contribution in [2.45, 2.75) is 25.5 Å². The number of esters is 1. The summed E-state index contributed by atoms with van der Waals surface area (Å²) in [6, 6.07) is 6.34. The van der Waals surface area contributed by atoms with E-state index in [4.69, 9.17) is 45.3 Å². The van der Waals surface area contributed by atoms with Gasteiger partial charge in [-0.1, -0.05) is 46.9 Å². The summed E-state index contributed by atoms with van der Waals surface area (Å²) in [4.78, 5) is 39.7. The van der Waals surface area contributed by atoms with E-state index in [1.54, 1.807) is 24.3 Å². The summed E-state index contributed by atoms with van der Waals surface area (Å²) >= 11 is 17.6. The van der Waals surface area contributed by atoms with Gasteiger partial charge in [0.2, 0.25) is 0 Å². The summed E-state index contributed by atoms with van der Waals surface area (Å²) in [5.41, 5.74) is 5.77. The number of nitrogens with zero attached hydrogens (tertiary/aromatic N) is 1. The van der Waals surface area contributed by atoms with Crippen LogP contribution in [0.1, 0.15) is 24.9 Å². The van der Waals surface area contributed by atoms with E-state index in [0.29, 0.717) is 15.6 Å². The van der Waals surface area contributed by atoms with Crippen molar-refractivity contribution in [1.82, 2.24) is 10.3 Å². The number of aromatic nitrogens is 1. The van der Waals surface area contributed by atoms with Gasteiger partial charge in [-0.25, -0.2) is 9.78 Å². The summed E-state index contributed by atoms with van der Waals surface area (Å²) in [5, 5.41) is 5.84. The minimum absolute atomic E-state index is 0.0819. The summed E-state index contributed by atoms with van der Waals surface area (Å²) in [7, 11) is 0. The van der Waals surface area contributed by atoms with E-state index in [0.717, 1.165) is 0 Å². The number of amides is 3. The maximum absolute atomic E-state index is 12.3. The highest BCUT2D eigenvalue weighted by atomic mass is 35.5. The quantitative estimate of drug-likeness (QED) is 0.545. The van der Waals surface area contributed by atoms with Crippen LogP contribution in [0.3, 0.4) is 0 Å². The van der Waals surface area contributed by atoms with Crippen molar-refractivity contribution < 1.29 is 19.1 Å². The van der Waals surface area contributed by atoms with Gasteiger partial charge in [0, 0.05) is 11.2 Å². The third-order valence-corrected chi connectivity index (χ3v) is 4.43. The highest BCUT2D eigenvalue weighted by molar-refractivity contribution is 6.36. The van der Waals surface area contributed by atoms with Crippen LogP contribution in [-0.2, 0) is 14.3 Å². The molecule has 2 unspecified atom stereocenters. The van der Waals surface area contributed by atoms with Gasteiger partial charge in [-0.3, -0.25) is 9.59 Å². The maximum atomic E-state index is 12.3. The van der Waals surface area contributed by atoms with Crippen LogP contribution in [-0.4, -0.2) is 29.0 Å². The molecule has 0 aliphatic carbocycles. The molecule has 3 amide bonds. The Morgan fingerprint density at radius 1 is 1.14 bits per heavy atom. The first-order valence-corrected chi connectivity index (χ1v) is 9.42. The molecule has 0 fully saturated rings. The van der Waals surface area contributed by atoms with Gasteiger partial charge in [0.05, 0.1) is 22.5 Å². The molecule has 1 aromatic heterocycles. The van der Waals surface area contributed by atoms with E-state index in [9.17, 15) is 14.4 Å². The minimum atomic E-state index is -1.14. The Bertz CT molecular complexity index is 908. The maximum Gasteiger partial charge on any atom is 0.312 e. The van der Waals surface area contributed by atoms with Gasteiger partial charge in [0.15, 0.2) is 11.9 Å². The molecular weight excluding hydrogens is 443 g/mol. The standard InChI is InChI=1S/C18H17Cl3N4O4/c1-9(17(27)25-16-13(21)6-12(20)8-23-16)29-15(26)7-14(24-18(22)28)10-2-4-11(19)5-3-10/h2-6,8-9,14H,7H2,1H3,(H3,22,24,28)(H,23,25,27). The molecular formula is C18H17Cl3N4O4. The van der Waals surface area contributed by atoms with Crippen LogP contribution in [0.5, 0.6) is 0 Å². The summed E-state index contributed by atoms with van der Waals surface area (Å²) in [6.45, 7) is 1.38. The number of nitrogens with two attached hydrogens (primary N) is 1. The van der Waals surface area contributed by atoms with Crippen LogP contribution in [0.25, 0.3) is 0 Å². The lowest BCUT2D eigenvalue weighted by Gasteiger charge is -2.19. The van der Waals surface area contributed by atoms with E-state index in [1.807, 2.05) is 0 Å². The topological polar surface area (TPSA) is 123 Å². The molecule has 154 valence electrons. The molecule has 1 heterocycles. The van der Waals surface area contributed by atoms with E-state index >= 15 is 0 Å². The molecule has 0 spiro atoms. The van der Waals surface area contributed by atoms with Crippen molar-refractivity contribution >= 4 is 58.5 Å². The zero-order chi connectivity index (χ0) is 21.6. The fourth-order valence-electron chi connectivity index (χ4n) is 2.31. The number of benzene rings is 1. The third-order valence-electron chi connectivity index (χ3n) is 3.69. The smallest absolute Gasteiger partial charge is 0.312 e. The summed E-state index contributed by atoms with van der Waals surface area (Å²) < 4.78 is 5.14. The Labute approximate surface area is 181 Å². The predicted molar refractivity (Wildman–Crippen MR) is 110 cm³/mol. The number of pyridine rings is 1. The van der Waals surface area contributed by atoms with Gasteiger partial charge in [-0.2, -0.15) is 0 Å². The second kappa shape index (κ2) is 10.3. The van der Waals surface area contributed by atoms with Gasteiger partial charge < -0.3 is 21.1 Å². The molecule has 0 bridgehead atoms. The first-order chi connectivity index (χ1) is 13.7. The molecule has 0 radical (unpaired) electrons. The van der Waals surface area contributed by atoms with Crippen molar-refractivity contribution in [3.05, 3.63) is 57.2 Å². The normalized spacial score (nSPS) is 12.6. The zero-order valence-corrected chi connectivity index (χ0v) is 17.4. The number of anilines is 1. The second-order valence-electron chi connectivity index (χ2n) is 5.92. The lowest BCUT2D eigenvalue weighted by molar-refractivity contribution is -0.153. The van der Waals surface area contributed by atoms with Crippen LogP contribution in [0.15, 0.2) is 36.5 Å². The van der Waals surface area contributed by atoms with Gasteiger partial charge >= 0.3 is 12.0 Å². The molecule has 4 N–H and O–H groups in total. The summed E-state index contributed by atoms with van der Waals surface area (Å²) in [5.74, 6) is -1.28. The lowest BCUT2D eigenvalue weighted by Crippen LogP contribution is -2.36. The summed E-state index contributed by atoms with van der Waals surface area (Å²) in [6.07, 6.45) is -0.0795. The molecule has 8 nitrogen and oxygen atoms in total. The molecule has 0 aliphatic rings. The van der Waals surface area contributed by atoms with Crippen LogP contribution in [0.4, 0.5) is 10.6 Å². The fraction of sp³-hybridized carbons (Fsp3) is 0.222. The largest absolute Gasteiger partial charge is 0.452 e. The number of urea groups is 1. The van der Waals surface area contributed by atoms with Gasteiger partial charge in [0.25, 0.3) is 5.91 Å². The lowest BCUT2D eigenvalue weighted by atomic mass is 10.0. The van der Waals surface area contributed by atoms with Crippen molar-refractivity contribution in [3.8, 4) is 0 Å². The third kappa shape index (κ3) is 7.08. The first kappa shape index (κ1) is 22.7. The average molecular weight is 460 g/mol. The Hall–Kier alpha value is -2.55. The van der Waals surface area contributed by atoms with E-state index in [2.05, 4.69) is 15.6 Å². The van der Waals surface area contributed by atoms with E-state index in [1.165, 1.54) is 19.2 Å². The molecule has 1 aromatic carbocycles. The van der Waals surface area contributed by atoms with E-state index < -0.39 is 30.1 Å². The molecule has 11 heteroatoms. The zero-order valence-electron chi connectivity index (χ0n) is 15.1.